The Bertz CT molecular complexity index is 414. The average molecular weight is 232 g/mol. The van der Waals surface area contributed by atoms with Crippen molar-refractivity contribution in [1.29, 1.82) is 0 Å². The largest absolute Gasteiger partial charge is 0.353 e. The minimum atomic E-state index is 0.687. The minimum Gasteiger partial charge on any atom is -0.353 e. The Balaban J connectivity index is 1.49. The predicted molar refractivity (Wildman–Crippen MR) is 66.7 cm³/mol. The number of anilines is 1. The van der Waals surface area contributed by atoms with E-state index in [9.17, 15) is 0 Å². The van der Waals surface area contributed by atoms with E-state index in [4.69, 9.17) is 0 Å². The van der Waals surface area contributed by atoms with Crippen LogP contribution < -0.4 is 5.32 Å². The summed E-state index contributed by atoms with van der Waals surface area (Å²) in [5.74, 6) is 3.55. The highest BCUT2D eigenvalue weighted by atomic mass is 15.2. The SMILES string of the molecule is Cc1nnc(NC[C@@H]2C[C@H]2C2CCC2)nc1C. The molecule has 2 saturated carbocycles. The Kier molecular flexibility index (Phi) is 2.73. The van der Waals surface area contributed by atoms with Crippen LogP contribution in [-0.4, -0.2) is 21.7 Å². The summed E-state index contributed by atoms with van der Waals surface area (Å²) in [6, 6.07) is 0. The maximum Gasteiger partial charge on any atom is 0.242 e. The number of nitrogens with zero attached hydrogens (tertiary/aromatic N) is 3. The van der Waals surface area contributed by atoms with Gasteiger partial charge in [-0.3, -0.25) is 0 Å². The first-order valence-corrected chi connectivity index (χ1v) is 6.66. The lowest BCUT2D eigenvalue weighted by Crippen LogP contribution is -2.17. The van der Waals surface area contributed by atoms with Crippen molar-refractivity contribution in [1.82, 2.24) is 15.2 Å². The summed E-state index contributed by atoms with van der Waals surface area (Å²) in [6.45, 7) is 4.93. The lowest BCUT2D eigenvalue weighted by molar-refractivity contribution is 0.267. The van der Waals surface area contributed by atoms with Gasteiger partial charge in [-0.1, -0.05) is 19.3 Å². The molecule has 0 aromatic carbocycles. The van der Waals surface area contributed by atoms with Crippen LogP contribution in [0.3, 0.4) is 0 Å². The molecular weight excluding hydrogens is 212 g/mol. The van der Waals surface area contributed by atoms with Gasteiger partial charge in [0.2, 0.25) is 5.95 Å². The molecule has 0 aliphatic heterocycles. The molecule has 2 aliphatic carbocycles. The summed E-state index contributed by atoms with van der Waals surface area (Å²) in [5.41, 5.74) is 1.88. The lowest BCUT2D eigenvalue weighted by atomic mass is 9.81. The van der Waals surface area contributed by atoms with Gasteiger partial charge in [-0.25, -0.2) is 4.98 Å². The Morgan fingerprint density at radius 3 is 2.65 bits per heavy atom. The minimum absolute atomic E-state index is 0.687. The number of hydrogen-bond acceptors (Lipinski definition) is 4. The summed E-state index contributed by atoms with van der Waals surface area (Å²) in [5, 5.41) is 11.5. The van der Waals surface area contributed by atoms with E-state index in [1.54, 1.807) is 0 Å². The van der Waals surface area contributed by atoms with Crippen molar-refractivity contribution in [3.8, 4) is 0 Å². The lowest BCUT2D eigenvalue weighted by Gasteiger charge is -2.25. The van der Waals surface area contributed by atoms with Crippen molar-refractivity contribution in [2.45, 2.75) is 39.5 Å². The molecule has 0 saturated heterocycles. The van der Waals surface area contributed by atoms with Gasteiger partial charge in [0.1, 0.15) is 0 Å². The van der Waals surface area contributed by atoms with Gasteiger partial charge in [-0.05, 0) is 38.0 Å². The van der Waals surface area contributed by atoms with Crippen LogP contribution in [0.2, 0.25) is 0 Å². The van der Waals surface area contributed by atoms with Crippen LogP contribution in [0.25, 0.3) is 0 Å². The van der Waals surface area contributed by atoms with Crippen molar-refractivity contribution in [2.24, 2.45) is 17.8 Å². The second-order valence-electron chi connectivity index (χ2n) is 5.54. The van der Waals surface area contributed by atoms with E-state index < -0.39 is 0 Å². The Morgan fingerprint density at radius 1 is 1.18 bits per heavy atom. The van der Waals surface area contributed by atoms with Crippen molar-refractivity contribution < 1.29 is 0 Å². The maximum atomic E-state index is 4.39. The molecule has 4 nitrogen and oxygen atoms in total. The first-order chi connectivity index (χ1) is 8.24. The number of rotatable bonds is 4. The molecule has 0 radical (unpaired) electrons. The highest BCUT2D eigenvalue weighted by molar-refractivity contribution is 5.25. The topological polar surface area (TPSA) is 50.7 Å². The van der Waals surface area contributed by atoms with Crippen molar-refractivity contribution in [3.63, 3.8) is 0 Å². The molecule has 1 N–H and O–H groups in total. The second kappa shape index (κ2) is 4.24. The number of hydrogen-bond donors (Lipinski definition) is 1. The van der Waals surface area contributed by atoms with Gasteiger partial charge in [0, 0.05) is 6.54 Å². The zero-order valence-electron chi connectivity index (χ0n) is 10.6. The number of aromatic nitrogens is 3. The molecule has 2 atom stereocenters. The van der Waals surface area contributed by atoms with Crippen LogP contribution in [0.5, 0.6) is 0 Å². The fraction of sp³-hybridized carbons (Fsp3) is 0.769. The van der Waals surface area contributed by atoms with Crippen molar-refractivity contribution >= 4 is 5.95 Å². The van der Waals surface area contributed by atoms with Gasteiger partial charge < -0.3 is 5.32 Å². The Labute approximate surface area is 102 Å². The fourth-order valence-electron chi connectivity index (χ4n) is 2.71. The summed E-state index contributed by atoms with van der Waals surface area (Å²) >= 11 is 0. The van der Waals surface area contributed by atoms with Crippen molar-refractivity contribution in [2.75, 3.05) is 11.9 Å². The quantitative estimate of drug-likeness (QED) is 0.865. The van der Waals surface area contributed by atoms with Gasteiger partial charge in [0.25, 0.3) is 0 Å². The predicted octanol–water partition coefficient (Wildman–Crippen LogP) is 2.34. The third-order valence-corrected chi connectivity index (χ3v) is 4.35. The maximum absolute atomic E-state index is 4.39. The van der Waals surface area contributed by atoms with Crippen LogP contribution in [0.4, 0.5) is 5.95 Å². The standard InChI is InChI=1S/C13H20N4/c1-8-9(2)16-17-13(15-8)14-7-11-6-12(11)10-4-3-5-10/h10-12H,3-7H2,1-2H3,(H,14,15,17)/t11-,12-/m0/s1. The third kappa shape index (κ3) is 2.26. The Morgan fingerprint density at radius 2 is 2.00 bits per heavy atom. The zero-order valence-corrected chi connectivity index (χ0v) is 10.6. The second-order valence-corrected chi connectivity index (χ2v) is 5.54. The van der Waals surface area contributed by atoms with Crippen LogP contribution >= 0.6 is 0 Å². The molecule has 3 rings (SSSR count). The zero-order chi connectivity index (χ0) is 11.8. The summed E-state index contributed by atoms with van der Waals surface area (Å²) in [7, 11) is 0. The summed E-state index contributed by atoms with van der Waals surface area (Å²) in [4.78, 5) is 4.39. The van der Waals surface area contributed by atoms with E-state index in [1.165, 1.54) is 25.7 Å². The molecule has 1 aromatic rings. The molecule has 4 heteroatoms. The van der Waals surface area contributed by atoms with Gasteiger partial charge in [0.15, 0.2) is 0 Å². The van der Waals surface area contributed by atoms with Gasteiger partial charge in [0.05, 0.1) is 11.4 Å². The van der Waals surface area contributed by atoms with Crippen LogP contribution in [0.15, 0.2) is 0 Å². The molecule has 2 fully saturated rings. The van der Waals surface area contributed by atoms with Crippen molar-refractivity contribution in [3.05, 3.63) is 11.4 Å². The third-order valence-electron chi connectivity index (χ3n) is 4.35. The van der Waals surface area contributed by atoms with E-state index in [-0.39, 0.29) is 0 Å². The van der Waals surface area contributed by atoms with Gasteiger partial charge in [-0.15, -0.1) is 5.10 Å². The molecule has 2 aliphatic rings. The fourth-order valence-corrected chi connectivity index (χ4v) is 2.71. The Hall–Kier alpha value is -1.19. The molecule has 0 bridgehead atoms. The molecule has 17 heavy (non-hydrogen) atoms. The molecule has 92 valence electrons. The van der Waals surface area contributed by atoms with Crippen LogP contribution in [0, 0.1) is 31.6 Å². The van der Waals surface area contributed by atoms with E-state index in [0.29, 0.717) is 5.95 Å². The molecular formula is C13H20N4. The summed E-state index contributed by atoms with van der Waals surface area (Å²) < 4.78 is 0. The number of aryl methyl sites for hydroxylation is 2. The highest BCUT2D eigenvalue weighted by Gasteiger charge is 2.44. The number of nitrogens with one attached hydrogen (secondary N) is 1. The molecule has 1 aromatic heterocycles. The van der Waals surface area contributed by atoms with E-state index in [2.05, 4.69) is 20.5 Å². The first kappa shape index (κ1) is 10.9. The summed E-state index contributed by atoms with van der Waals surface area (Å²) in [6.07, 6.45) is 5.77. The van der Waals surface area contributed by atoms with Crippen LogP contribution in [0.1, 0.15) is 37.1 Å². The van der Waals surface area contributed by atoms with Crippen LogP contribution in [-0.2, 0) is 0 Å². The van der Waals surface area contributed by atoms with E-state index in [0.717, 1.165) is 35.7 Å². The normalized spacial score (nSPS) is 27.6. The van der Waals surface area contributed by atoms with Gasteiger partial charge in [-0.2, -0.15) is 5.10 Å². The smallest absolute Gasteiger partial charge is 0.242 e. The molecule has 1 heterocycles. The monoisotopic (exact) mass is 232 g/mol. The average Bonchev–Trinajstić information content (AvgIpc) is 2.97. The highest BCUT2D eigenvalue weighted by Crippen LogP contribution is 2.51. The first-order valence-electron chi connectivity index (χ1n) is 6.66. The molecule has 0 spiro atoms. The molecule has 0 amide bonds. The van der Waals surface area contributed by atoms with E-state index in [1.807, 2.05) is 13.8 Å². The molecule has 0 unspecified atom stereocenters. The van der Waals surface area contributed by atoms with Gasteiger partial charge >= 0.3 is 0 Å². The van der Waals surface area contributed by atoms with E-state index >= 15 is 0 Å².